The number of ether oxygens (including phenoxy) is 3. The molecule has 0 radical (unpaired) electrons. The number of anilines is 2. The zero-order chi connectivity index (χ0) is 27.1. The van der Waals surface area contributed by atoms with Gasteiger partial charge in [-0.2, -0.15) is 15.0 Å². The van der Waals surface area contributed by atoms with Crippen molar-refractivity contribution in [1.29, 1.82) is 0 Å². The van der Waals surface area contributed by atoms with Crippen LogP contribution in [0.5, 0.6) is 17.5 Å². The predicted octanol–water partition coefficient (Wildman–Crippen LogP) is 3.00. The van der Waals surface area contributed by atoms with Gasteiger partial charge in [-0.1, -0.05) is 23.7 Å². The number of halogens is 1. The minimum absolute atomic E-state index is 0.0245. The minimum atomic E-state index is -0.801. The number of hydrogen-bond donors (Lipinski definition) is 1. The summed E-state index contributed by atoms with van der Waals surface area (Å²) in [4.78, 5) is 49.8. The van der Waals surface area contributed by atoms with Crippen molar-refractivity contribution in [2.24, 2.45) is 0 Å². The van der Waals surface area contributed by atoms with Gasteiger partial charge in [0.05, 0.1) is 39.6 Å². The average Bonchev–Trinajstić information content (AvgIpc) is 2.93. The highest BCUT2D eigenvalue weighted by atomic mass is 35.5. The first-order chi connectivity index (χ1) is 18.4. The Kier molecular flexibility index (Phi) is 8.34. The van der Waals surface area contributed by atoms with E-state index in [0.29, 0.717) is 22.2 Å². The number of carbonyl (C=O) groups is 1. The number of methoxy groups -OCH3 is 2. The zero-order valence-corrected chi connectivity index (χ0v) is 21.2. The van der Waals surface area contributed by atoms with Crippen molar-refractivity contribution in [3.63, 3.8) is 0 Å². The second-order valence-electron chi connectivity index (χ2n) is 7.85. The van der Waals surface area contributed by atoms with Gasteiger partial charge in [0.25, 0.3) is 0 Å². The van der Waals surface area contributed by atoms with E-state index in [1.54, 1.807) is 48.5 Å². The second kappa shape index (κ2) is 12.0. The number of benzene rings is 2. The molecule has 38 heavy (non-hydrogen) atoms. The van der Waals surface area contributed by atoms with Crippen LogP contribution in [-0.2, 0) is 22.6 Å². The lowest BCUT2D eigenvalue weighted by Crippen LogP contribution is -2.43. The number of aromatic nitrogens is 5. The summed E-state index contributed by atoms with van der Waals surface area (Å²) in [5, 5.41) is 3.56. The van der Waals surface area contributed by atoms with Gasteiger partial charge in [-0.05, 0) is 42.0 Å². The number of esters is 1. The first kappa shape index (κ1) is 26.4. The number of nitrogens with one attached hydrogen (secondary N) is 1. The third kappa shape index (κ3) is 6.53. The monoisotopic (exact) mass is 538 g/mol. The molecule has 13 heteroatoms. The summed E-state index contributed by atoms with van der Waals surface area (Å²) in [6.07, 6.45) is 2.81. The van der Waals surface area contributed by atoms with Gasteiger partial charge in [0, 0.05) is 17.3 Å². The largest absolute Gasteiger partial charge is 0.494 e. The fourth-order valence-corrected chi connectivity index (χ4v) is 3.47. The topological polar surface area (TPSA) is 139 Å². The van der Waals surface area contributed by atoms with Crippen LogP contribution in [0.1, 0.15) is 12.0 Å². The molecule has 0 amide bonds. The van der Waals surface area contributed by atoms with Crippen LogP contribution in [0.2, 0.25) is 5.02 Å². The summed E-state index contributed by atoms with van der Waals surface area (Å²) >= 11 is 5.99. The van der Waals surface area contributed by atoms with Gasteiger partial charge in [-0.25, -0.2) is 14.2 Å². The Morgan fingerprint density at radius 1 is 0.947 bits per heavy atom. The molecule has 196 valence electrons. The van der Waals surface area contributed by atoms with Gasteiger partial charge in [-0.15, -0.1) is 0 Å². The normalized spacial score (nSPS) is 10.6. The Morgan fingerprint density at radius 2 is 1.63 bits per heavy atom. The molecule has 2 aromatic heterocycles. The Morgan fingerprint density at radius 3 is 2.26 bits per heavy atom. The van der Waals surface area contributed by atoms with Crippen molar-refractivity contribution in [2.75, 3.05) is 19.5 Å². The van der Waals surface area contributed by atoms with E-state index in [9.17, 15) is 14.4 Å². The summed E-state index contributed by atoms with van der Waals surface area (Å²) in [7, 11) is 2.74. The lowest BCUT2D eigenvalue weighted by molar-refractivity contribution is -0.140. The number of hydrogen-bond acceptors (Lipinski definition) is 10. The number of rotatable bonds is 10. The summed E-state index contributed by atoms with van der Waals surface area (Å²) in [6, 6.07) is 13.7. The molecule has 0 aliphatic carbocycles. The SMILES string of the molecule is COC(=O)CCn1c(=O)nc(Nc2ccc(Oc3ncc(OC)cn3)cc2)n(Cc2ccc(Cl)cc2)c1=O. The molecule has 2 aromatic carbocycles. The molecule has 4 aromatic rings. The van der Waals surface area contributed by atoms with E-state index in [-0.39, 0.29) is 31.5 Å². The maximum Gasteiger partial charge on any atom is 0.354 e. The predicted molar refractivity (Wildman–Crippen MR) is 138 cm³/mol. The van der Waals surface area contributed by atoms with Gasteiger partial charge in [0.15, 0.2) is 5.75 Å². The van der Waals surface area contributed by atoms with Crippen molar-refractivity contribution in [2.45, 2.75) is 19.5 Å². The van der Waals surface area contributed by atoms with E-state index in [1.807, 2.05) is 0 Å². The van der Waals surface area contributed by atoms with Crippen LogP contribution >= 0.6 is 11.6 Å². The molecule has 1 N–H and O–H groups in total. The van der Waals surface area contributed by atoms with Crippen LogP contribution < -0.4 is 26.2 Å². The zero-order valence-electron chi connectivity index (χ0n) is 20.5. The fraction of sp³-hybridized carbons (Fsp3) is 0.200. The summed E-state index contributed by atoms with van der Waals surface area (Å²) in [5.41, 5.74) is -0.146. The van der Waals surface area contributed by atoms with Gasteiger partial charge in [0.2, 0.25) is 5.95 Å². The highest BCUT2D eigenvalue weighted by Crippen LogP contribution is 2.22. The molecule has 0 aliphatic heterocycles. The maximum atomic E-state index is 13.3. The summed E-state index contributed by atoms with van der Waals surface area (Å²) in [6.45, 7) is -0.0719. The van der Waals surface area contributed by atoms with Crippen LogP contribution in [0.4, 0.5) is 11.6 Å². The first-order valence-corrected chi connectivity index (χ1v) is 11.7. The van der Waals surface area contributed by atoms with Crippen LogP contribution in [0, 0.1) is 0 Å². The molecule has 0 aliphatic rings. The minimum Gasteiger partial charge on any atom is -0.494 e. The molecule has 0 atom stereocenters. The number of nitrogens with zero attached hydrogens (tertiary/aromatic N) is 5. The molecule has 4 rings (SSSR count). The van der Waals surface area contributed by atoms with Gasteiger partial charge in [0.1, 0.15) is 5.75 Å². The molecule has 0 bridgehead atoms. The first-order valence-electron chi connectivity index (χ1n) is 11.3. The van der Waals surface area contributed by atoms with Crippen molar-refractivity contribution < 1.29 is 19.0 Å². The molecule has 0 unspecified atom stereocenters. The molecular weight excluding hydrogens is 516 g/mol. The molecule has 0 saturated carbocycles. The van der Waals surface area contributed by atoms with Gasteiger partial charge >= 0.3 is 23.4 Å². The van der Waals surface area contributed by atoms with E-state index in [4.69, 9.17) is 21.1 Å². The number of carbonyl (C=O) groups excluding carboxylic acids is 1. The average molecular weight is 539 g/mol. The van der Waals surface area contributed by atoms with Crippen molar-refractivity contribution in [3.05, 3.63) is 92.5 Å². The summed E-state index contributed by atoms with van der Waals surface area (Å²) in [5.74, 6) is 0.438. The third-order valence-corrected chi connectivity index (χ3v) is 5.58. The molecule has 0 fully saturated rings. The van der Waals surface area contributed by atoms with Gasteiger partial charge in [-0.3, -0.25) is 9.36 Å². The quantitative estimate of drug-likeness (QED) is 0.300. The Balaban J connectivity index is 1.61. The molecule has 0 spiro atoms. The van der Waals surface area contributed by atoms with Gasteiger partial charge < -0.3 is 19.5 Å². The van der Waals surface area contributed by atoms with E-state index in [2.05, 4.69) is 25.0 Å². The standard InChI is InChI=1S/C25H23ClN6O6/c1-36-20-13-27-23(28-14-20)38-19-9-7-18(8-10-19)29-22-30-24(34)31(12-11-21(33)37-2)25(35)32(22)15-16-3-5-17(26)6-4-16/h3-10,13-14H,11-12,15H2,1-2H3,(H,29,30,34). The lowest BCUT2D eigenvalue weighted by atomic mass is 10.2. The highest BCUT2D eigenvalue weighted by molar-refractivity contribution is 6.30. The summed E-state index contributed by atoms with van der Waals surface area (Å²) < 4.78 is 17.5. The van der Waals surface area contributed by atoms with E-state index in [1.165, 1.54) is 31.2 Å². The molecule has 12 nitrogen and oxygen atoms in total. The van der Waals surface area contributed by atoms with Crippen LogP contribution in [0.25, 0.3) is 0 Å². The van der Waals surface area contributed by atoms with E-state index >= 15 is 0 Å². The van der Waals surface area contributed by atoms with E-state index in [0.717, 1.165) is 10.1 Å². The molecular formula is C25H23ClN6O6. The van der Waals surface area contributed by atoms with E-state index < -0.39 is 17.3 Å². The Bertz CT molecular complexity index is 1520. The van der Waals surface area contributed by atoms with Crippen molar-refractivity contribution in [1.82, 2.24) is 24.1 Å². The maximum absolute atomic E-state index is 13.3. The second-order valence-corrected chi connectivity index (χ2v) is 8.28. The fourth-order valence-electron chi connectivity index (χ4n) is 3.34. The van der Waals surface area contributed by atoms with Crippen LogP contribution in [0.3, 0.4) is 0 Å². The molecule has 0 saturated heterocycles. The van der Waals surface area contributed by atoms with Crippen LogP contribution in [0.15, 0.2) is 70.5 Å². The Labute approximate surface area is 221 Å². The smallest absolute Gasteiger partial charge is 0.354 e. The lowest BCUT2D eigenvalue weighted by Gasteiger charge is -2.16. The Hall–Kier alpha value is -4.71. The van der Waals surface area contributed by atoms with Crippen LogP contribution in [-0.4, -0.2) is 44.3 Å². The highest BCUT2D eigenvalue weighted by Gasteiger charge is 2.15. The third-order valence-electron chi connectivity index (χ3n) is 5.33. The van der Waals surface area contributed by atoms with Crippen molar-refractivity contribution in [3.8, 4) is 17.5 Å². The molecule has 2 heterocycles. The van der Waals surface area contributed by atoms with Crippen molar-refractivity contribution >= 4 is 29.2 Å².